The third kappa shape index (κ3) is 4.37. The number of rotatable bonds is 6. The Morgan fingerprint density at radius 2 is 2.00 bits per heavy atom. The summed E-state index contributed by atoms with van der Waals surface area (Å²) in [5.74, 6) is 1.09. The molecule has 0 aromatic carbocycles. The van der Waals surface area contributed by atoms with E-state index in [0.29, 0.717) is 24.3 Å². The molecule has 1 saturated carbocycles. The molecule has 0 radical (unpaired) electrons. The van der Waals surface area contributed by atoms with E-state index in [-0.39, 0.29) is 5.03 Å². The second-order valence-corrected chi connectivity index (χ2v) is 7.65. The molecule has 2 fully saturated rings. The molecule has 2 aliphatic rings. The number of nitrogens with one attached hydrogen (secondary N) is 2. The topological polar surface area (TPSA) is 93.2 Å². The average Bonchev–Trinajstić information content (AvgIpc) is 3.34. The molecule has 1 aromatic heterocycles. The summed E-state index contributed by atoms with van der Waals surface area (Å²) < 4.78 is 32.1. The van der Waals surface area contributed by atoms with E-state index < -0.39 is 10.0 Å². The van der Waals surface area contributed by atoms with Crippen LogP contribution < -0.4 is 10.0 Å². The van der Waals surface area contributed by atoms with E-state index in [1.165, 1.54) is 6.07 Å². The first-order chi connectivity index (χ1) is 10.6. The van der Waals surface area contributed by atoms with Crippen LogP contribution in [0, 0.1) is 5.92 Å². The van der Waals surface area contributed by atoms with Crippen molar-refractivity contribution in [2.75, 3.05) is 25.1 Å². The third-order valence-electron chi connectivity index (χ3n) is 3.98. The van der Waals surface area contributed by atoms with E-state index >= 15 is 0 Å². The summed E-state index contributed by atoms with van der Waals surface area (Å²) in [6.07, 6.45) is 5.16. The number of hydrogen-bond acceptors (Lipinski definition) is 6. The Morgan fingerprint density at radius 1 is 1.14 bits per heavy atom. The second kappa shape index (κ2) is 6.89. The maximum absolute atomic E-state index is 12.1. The minimum absolute atomic E-state index is 0.0251. The van der Waals surface area contributed by atoms with E-state index in [0.717, 1.165) is 45.3 Å². The first-order valence-electron chi connectivity index (χ1n) is 7.81. The molecular weight excluding hydrogens is 304 g/mol. The van der Waals surface area contributed by atoms with Gasteiger partial charge in [-0.2, -0.15) is 0 Å². The van der Waals surface area contributed by atoms with Crippen LogP contribution in [0.4, 0.5) is 5.82 Å². The van der Waals surface area contributed by atoms with Crippen LogP contribution in [0.5, 0.6) is 0 Å². The first kappa shape index (κ1) is 15.6. The fourth-order valence-corrected chi connectivity index (χ4v) is 3.42. The summed E-state index contributed by atoms with van der Waals surface area (Å²) in [4.78, 5) is 0. The molecule has 1 aliphatic carbocycles. The van der Waals surface area contributed by atoms with Gasteiger partial charge in [0.1, 0.15) is 5.82 Å². The van der Waals surface area contributed by atoms with Crippen molar-refractivity contribution in [1.82, 2.24) is 14.9 Å². The van der Waals surface area contributed by atoms with E-state index in [1.54, 1.807) is 6.07 Å². The summed E-state index contributed by atoms with van der Waals surface area (Å²) in [7, 11) is -3.54. The number of nitrogens with zero attached hydrogens (tertiary/aromatic N) is 2. The second-order valence-electron chi connectivity index (χ2n) is 5.94. The van der Waals surface area contributed by atoms with Crippen LogP contribution in [0.25, 0.3) is 0 Å². The molecule has 0 spiro atoms. The van der Waals surface area contributed by atoms with Gasteiger partial charge < -0.3 is 10.1 Å². The molecule has 22 heavy (non-hydrogen) atoms. The zero-order valence-electron chi connectivity index (χ0n) is 12.5. The molecule has 2 N–H and O–H groups in total. The Morgan fingerprint density at radius 3 is 2.73 bits per heavy atom. The molecule has 1 saturated heterocycles. The van der Waals surface area contributed by atoms with Gasteiger partial charge in [0.05, 0.1) is 0 Å². The van der Waals surface area contributed by atoms with Crippen LogP contribution in [0.2, 0.25) is 0 Å². The fraction of sp³-hybridized carbons (Fsp3) is 0.714. The van der Waals surface area contributed by atoms with Gasteiger partial charge in [0.15, 0.2) is 5.03 Å². The Kier molecular flexibility index (Phi) is 4.90. The van der Waals surface area contributed by atoms with E-state index in [1.807, 2.05) is 0 Å². The van der Waals surface area contributed by atoms with Crippen molar-refractivity contribution in [2.45, 2.75) is 43.2 Å². The van der Waals surface area contributed by atoms with Gasteiger partial charge in [0.2, 0.25) is 0 Å². The fourth-order valence-electron chi connectivity index (χ4n) is 2.42. The number of anilines is 1. The smallest absolute Gasteiger partial charge is 0.259 e. The number of sulfonamides is 1. The summed E-state index contributed by atoms with van der Waals surface area (Å²) in [6.45, 7) is 2.03. The molecule has 1 aliphatic heterocycles. The lowest BCUT2D eigenvalue weighted by atomic mass is 10.1. The highest BCUT2D eigenvalue weighted by Gasteiger charge is 2.25. The van der Waals surface area contributed by atoms with Crippen molar-refractivity contribution < 1.29 is 13.2 Å². The number of aromatic nitrogens is 2. The highest BCUT2D eigenvalue weighted by Crippen LogP contribution is 2.28. The minimum Gasteiger partial charge on any atom is -0.381 e. The van der Waals surface area contributed by atoms with Crippen molar-refractivity contribution >= 4 is 15.8 Å². The van der Waals surface area contributed by atoms with Crippen LogP contribution in [0.15, 0.2) is 17.2 Å². The molecule has 1 aromatic rings. The van der Waals surface area contributed by atoms with Gasteiger partial charge >= 0.3 is 0 Å². The Labute approximate surface area is 130 Å². The van der Waals surface area contributed by atoms with E-state index in [2.05, 4.69) is 20.2 Å². The predicted octanol–water partition coefficient (Wildman–Crippen LogP) is 1.15. The molecule has 1 atom stereocenters. The summed E-state index contributed by atoms with van der Waals surface area (Å²) >= 11 is 0. The highest BCUT2D eigenvalue weighted by atomic mass is 32.2. The van der Waals surface area contributed by atoms with Crippen molar-refractivity contribution in [2.24, 2.45) is 5.92 Å². The van der Waals surface area contributed by atoms with Gasteiger partial charge in [-0.1, -0.05) is 0 Å². The average molecular weight is 326 g/mol. The SMILES string of the molecule is O=S(=O)(NCC1CC1)c1ccc(NC2CCCOCC2)nn1. The molecule has 0 bridgehead atoms. The molecule has 1 unspecified atom stereocenters. The normalized spacial score (nSPS) is 23.0. The molecule has 3 rings (SSSR count). The monoisotopic (exact) mass is 326 g/mol. The summed E-state index contributed by atoms with van der Waals surface area (Å²) in [6, 6.07) is 3.47. The van der Waals surface area contributed by atoms with Crippen LogP contribution in [-0.4, -0.2) is 44.4 Å². The largest absolute Gasteiger partial charge is 0.381 e. The summed E-state index contributed by atoms with van der Waals surface area (Å²) in [5, 5.41) is 11.1. The Bertz CT molecular complexity index is 579. The Balaban J connectivity index is 1.58. The standard InChI is InChI=1S/C14H22N4O3S/c19-22(20,15-10-11-3-4-11)14-6-5-13(17-18-14)16-12-2-1-8-21-9-7-12/h5-6,11-12,15H,1-4,7-10H2,(H,16,17). The van der Waals surface area contributed by atoms with E-state index in [4.69, 9.17) is 4.74 Å². The molecule has 7 nitrogen and oxygen atoms in total. The van der Waals surface area contributed by atoms with Gasteiger partial charge in [0, 0.05) is 25.8 Å². The van der Waals surface area contributed by atoms with Crippen LogP contribution in [-0.2, 0) is 14.8 Å². The number of ether oxygens (including phenoxy) is 1. The van der Waals surface area contributed by atoms with Crippen molar-refractivity contribution in [3.8, 4) is 0 Å². The lowest BCUT2D eigenvalue weighted by Crippen LogP contribution is -2.27. The molecule has 0 amide bonds. The third-order valence-corrected chi connectivity index (χ3v) is 5.29. The van der Waals surface area contributed by atoms with Crippen LogP contribution >= 0.6 is 0 Å². The quantitative estimate of drug-likeness (QED) is 0.814. The molecular formula is C14H22N4O3S. The van der Waals surface area contributed by atoms with Crippen molar-refractivity contribution in [1.29, 1.82) is 0 Å². The molecule has 8 heteroatoms. The molecule has 2 heterocycles. The van der Waals surface area contributed by atoms with Crippen LogP contribution in [0.3, 0.4) is 0 Å². The van der Waals surface area contributed by atoms with Crippen LogP contribution in [0.1, 0.15) is 32.1 Å². The predicted molar refractivity (Wildman–Crippen MR) is 82.0 cm³/mol. The maximum Gasteiger partial charge on any atom is 0.259 e. The van der Waals surface area contributed by atoms with Gasteiger partial charge in [-0.25, -0.2) is 13.1 Å². The minimum atomic E-state index is -3.54. The van der Waals surface area contributed by atoms with Gasteiger partial charge in [-0.05, 0) is 50.2 Å². The Hall–Kier alpha value is -1.25. The van der Waals surface area contributed by atoms with Gasteiger partial charge in [-0.3, -0.25) is 0 Å². The summed E-state index contributed by atoms with van der Waals surface area (Å²) in [5.41, 5.74) is 0. The highest BCUT2D eigenvalue weighted by molar-refractivity contribution is 7.89. The zero-order chi connectivity index (χ0) is 15.4. The lowest BCUT2D eigenvalue weighted by molar-refractivity contribution is 0.144. The molecule has 122 valence electrons. The zero-order valence-corrected chi connectivity index (χ0v) is 13.3. The van der Waals surface area contributed by atoms with Crippen molar-refractivity contribution in [3.63, 3.8) is 0 Å². The maximum atomic E-state index is 12.1. The first-order valence-corrected chi connectivity index (χ1v) is 9.29. The van der Waals surface area contributed by atoms with Crippen molar-refractivity contribution in [3.05, 3.63) is 12.1 Å². The lowest BCUT2D eigenvalue weighted by Gasteiger charge is -2.15. The van der Waals surface area contributed by atoms with E-state index in [9.17, 15) is 8.42 Å². The van der Waals surface area contributed by atoms with Gasteiger partial charge in [0.25, 0.3) is 10.0 Å². The van der Waals surface area contributed by atoms with Gasteiger partial charge in [-0.15, -0.1) is 10.2 Å². The number of hydrogen-bond donors (Lipinski definition) is 2.